The van der Waals surface area contributed by atoms with Crippen LogP contribution < -0.4 is 4.90 Å². The van der Waals surface area contributed by atoms with E-state index in [1.807, 2.05) is 18.2 Å². The molecule has 1 N–H and O–H groups in total. The highest BCUT2D eigenvalue weighted by Gasteiger charge is 2.42. The second-order valence-corrected chi connectivity index (χ2v) is 6.93. The number of fused-ring (bicyclic) bond motifs is 1. The van der Waals surface area contributed by atoms with Crippen molar-refractivity contribution in [3.8, 4) is 0 Å². The largest absolute Gasteiger partial charge is 0.389 e. The fourth-order valence-electron chi connectivity index (χ4n) is 3.64. The van der Waals surface area contributed by atoms with Crippen molar-refractivity contribution >= 4 is 27.9 Å². The maximum absolute atomic E-state index is 10.8. The van der Waals surface area contributed by atoms with Crippen LogP contribution in [0.3, 0.4) is 0 Å². The number of carbonyl (C=O) groups excluding carboxylic acids is 1. The molecule has 1 heterocycles. The number of aliphatic hydroxyl groups is 1. The van der Waals surface area contributed by atoms with Gasteiger partial charge in [0.2, 0.25) is 0 Å². The van der Waals surface area contributed by atoms with Crippen molar-refractivity contribution < 1.29 is 9.90 Å². The molecule has 2 unspecified atom stereocenters. The number of nitrogens with zero attached hydrogens (tertiary/aromatic N) is 1. The van der Waals surface area contributed by atoms with Crippen molar-refractivity contribution in [1.82, 2.24) is 0 Å². The van der Waals surface area contributed by atoms with Gasteiger partial charge in [0.15, 0.2) is 0 Å². The molecule has 1 aliphatic carbocycles. The number of benzene rings is 1. The van der Waals surface area contributed by atoms with Crippen molar-refractivity contribution in [1.29, 1.82) is 0 Å². The van der Waals surface area contributed by atoms with Crippen LogP contribution in [0.4, 0.5) is 5.69 Å². The minimum atomic E-state index is -0.441. The molecular weight excluding hydrogens is 318 g/mol. The fraction of sp³-hybridized carbons (Fsp3) is 0.562. The lowest BCUT2D eigenvalue weighted by Crippen LogP contribution is -2.53. The Kier molecular flexibility index (Phi) is 3.87. The zero-order valence-corrected chi connectivity index (χ0v) is 13.1. The number of hydrogen-bond acceptors (Lipinski definition) is 3. The van der Waals surface area contributed by atoms with Gasteiger partial charge in [0.25, 0.3) is 0 Å². The summed E-state index contributed by atoms with van der Waals surface area (Å²) >= 11 is 3.56. The van der Waals surface area contributed by atoms with Gasteiger partial charge in [-0.15, -0.1) is 0 Å². The number of anilines is 1. The Balaban J connectivity index is 1.80. The number of halogens is 1. The third-order valence-corrected chi connectivity index (χ3v) is 5.51. The Morgan fingerprint density at radius 2 is 2.20 bits per heavy atom. The van der Waals surface area contributed by atoms with E-state index in [-0.39, 0.29) is 0 Å². The predicted octanol–water partition coefficient (Wildman–Crippen LogP) is 3.39. The summed E-state index contributed by atoms with van der Waals surface area (Å²) in [5.74, 6) is 0.377. The van der Waals surface area contributed by atoms with Crippen molar-refractivity contribution in [2.75, 3.05) is 18.0 Å². The van der Waals surface area contributed by atoms with Gasteiger partial charge in [0.1, 0.15) is 6.29 Å². The summed E-state index contributed by atoms with van der Waals surface area (Å²) < 4.78 is 0.961. The third-order valence-electron chi connectivity index (χ3n) is 4.88. The molecule has 108 valence electrons. The maximum atomic E-state index is 10.8. The minimum absolute atomic E-state index is 0.377. The summed E-state index contributed by atoms with van der Waals surface area (Å²) in [5, 5.41) is 10.7. The lowest BCUT2D eigenvalue weighted by molar-refractivity contribution is -0.0612. The SMILES string of the molecule is O=Cc1ccc(N2CCC3(O)CCCCC3C2)c(Br)c1. The van der Waals surface area contributed by atoms with E-state index in [9.17, 15) is 9.90 Å². The monoisotopic (exact) mass is 337 g/mol. The topological polar surface area (TPSA) is 40.5 Å². The standard InChI is InChI=1S/C16H20BrNO2/c17-14-9-12(11-19)4-5-15(14)18-8-7-16(20)6-2-1-3-13(16)10-18/h4-5,9,11,13,20H,1-3,6-8,10H2. The van der Waals surface area contributed by atoms with Gasteiger partial charge in [-0.05, 0) is 53.4 Å². The normalized spacial score (nSPS) is 29.9. The van der Waals surface area contributed by atoms with Gasteiger partial charge < -0.3 is 10.0 Å². The molecular formula is C16H20BrNO2. The molecule has 0 spiro atoms. The number of hydrogen-bond donors (Lipinski definition) is 1. The summed E-state index contributed by atoms with van der Waals surface area (Å²) in [6.45, 7) is 1.79. The Morgan fingerprint density at radius 3 is 2.95 bits per heavy atom. The highest BCUT2D eigenvalue weighted by molar-refractivity contribution is 9.10. The average molecular weight is 338 g/mol. The molecule has 1 aliphatic heterocycles. The van der Waals surface area contributed by atoms with Crippen LogP contribution in [0.2, 0.25) is 0 Å². The van der Waals surface area contributed by atoms with Crippen molar-refractivity contribution in [2.24, 2.45) is 5.92 Å². The third kappa shape index (κ3) is 2.51. The predicted molar refractivity (Wildman–Crippen MR) is 83.3 cm³/mol. The van der Waals surface area contributed by atoms with Crippen LogP contribution in [0.5, 0.6) is 0 Å². The Hall–Kier alpha value is -0.870. The van der Waals surface area contributed by atoms with Gasteiger partial charge in [0, 0.05) is 29.0 Å². The van der Waals surface area contributed by atoms with Gasteiger partial charge in [-0.1, -0.05) is 12.8 Å². The maximum Gasteiger partial charge on any atom is 0.150 e. The van der Waals surface area contributed by atoms with Gasteiger partial charge in [-0.3, -0.25) is 4.79 Å². The molecule has 2 fully saturated rings. The molecule has 3 nitrogen and oxygen atoms in total. The Morgan fingerprint density at radius 1 is 1.35 bits per heavy atom. The van der Waals surface area contributed by atoms with E-state index >= 15 is 0 Å². The van der Waals surface area contributed by atoms with Gasteiger partial charge in [-0.25, -0.2) is 0 Å². The van der Waals surface area contributed by atoms with E-state index in [1.165, 1.54) is 6.42 Å². The summed E-state index contributed by atoms with van der Waals surface area (Å²) in [6.07, 6.45) is 6.18. The van der Waals surface area contributed by atoms with Crippen molar-refractivity contribution in [2.45, 2.75) is 37.7 Å². The first-order valence-electron chi connectivity index (χ1n) is 7.34. The number of carbonyl (C=O) groups is 1. The molecule has 2 aliphatic rings. The first-order chi connectivity index (χ1) is 9.62. The number of aldehydes is 1. The molecule has 2 atom stereocenters. The summed E-state index contributed by atoms with van der Waals surface area (Å²) in [7, 11) is 0. The zero-order valence-electron chi connectivity index (χ0n) is 11.5. The van der Waals surface area contributed by atoms with Crippen LogP contribution >= 0.6 is 15.9 Å². The minimum Gasteiger partial charge on any atom is -0.389 e. The highest BCUT2D eigenvalue weighted by Crippen LogP contribution is 2.42. The van der Waals surface area contributed by atoms with Gasteiger partial charge in [-0.2, -0.15) is 0 Å². The number of piperidine rings is 1. The van der Waals surface area contributed by atoms with Crippen LogP contribution in [0.25, 0.3) is 0 Å². The van der Waals surface area contributed by atoms with Crippen LogP contribution in [0, 0.1) is 5.92 Å². The molecule has 0 amide bonds. The first kappa shape index (κ1) is 14.1. The summed E-state index contributed by atoms with van der Waals surface area (Å²) in [4.78, 5) is 13.1. The molecule has 0 aromatic heterocycles. The van der Waals surface area contributed by atoms with E-state index in [0.717, 1.165) is 55.2 Å². The van der Waals surface area contributed by atoms with E-state index in [4.69, 9.17) is 0 Å². The molecule has 0 radical (unpaired) electrons. The molecule has 1 saturated carbocycles. The summed E-state index contributed by atoms with van der Waals surface area (Å²) in [6, 6.07) is 5.72. The molecule has 1 aromatic rings. The van der Waals surface area contributed by atoms with Crippen LogP contribution in [-0.4, -0.2) is 30.1 Å². The van der Waals surface area contributed by atoms with E-state index in [0.29, 0.717) is 11.5 Å². The lowest BCUT2D eigenvalue weighted by atomic mass is 9.71. The smallest absolute Gasteiger partial charge is 0.150 e. The van der Waals surface area contributed by atoms with Gasteiger partial charge in [0.05, 0.1) is 11.3 Å². The second-order valence-electron chi connectivity index (χ2n) is 6.07. The summed E-state index contributed by atoms with van der Waals surface area (Å²) in [5.41, 5.74) is 1.37. The van der Waals surface area contributed by atoms with Crippen LogP contribution in [0.1, 0.15) is 42.5 Å². The second kappa shape index (κ2) is 5.49. The van der Waals surface area contributed by atoms with E-state index < -0.39 is 5.60 Å². The molecule has 3 rings (SSSR count). The molecule has 1 saturated heterocycles. The molecule has 0 bridgehead atoms. The highest BCUT2D eigenvalue weighted by atomic mass is 79.9. The molecule has 4 heteroatoms. The Labute approximate surface area is 128 Å². The van der Waals surface area contributed by atoms with Crippen LogP contribution in [0.15, 0.2) is 22.7 Å². The molecule has 1 aromatic carbocycles. The van der Waals surface area contributed by atoms with E-state index in [2.05, 4.69) is 20.8 Å². The van der Waals surface area contributed by atoms with Gasteiger partial charge >= 0.3 is 0 Å². The lowest BCUT2D eigenvalue weighted by Gasteiger charge is -2.48. The average Bonchev–Trinajstić information content (AvgIpc) is 2.46. The van der Waals surface area contributed by atoms with Crippen LogP contribution in [-0.2, 0) is 0 Å². The van der Waals surface area contributed by atoms with E-state index in [1.54, 1.807) is 0 Å². The first-order valence-corrected chi connectivity index (χ1v) is 8.14. The zero-order chi connectivity index (χ0) is 14.2. The van der Waals surface area contributed by atoms with Crippen molar-refractivity contribution in [3.05, 3.63) is 28.2 Å². The number of rotatable bonds is 2. The fourth-order valence-corrected chi connectivity index (χ4v) is 4.29. The Bertz CT molecular complexity index is 519. The molecule has 20 heavy (non-hydrogen) atoms. The quantitative estimate of drug-likeness (QED) is 0.841. The van der Waals surface area contributed by atoms with Crippen molar-refractivity contribution in [3.63, 3.8) is 0 Å².